The average Bonchev–Trinajstić information content (AvgIpc) is 2.80. The molecule has 0 fully saturated rings. The molecular formula is C15H22ClN3O. The number of carbonyl (C=O) groups is 1. The summed E-state index contributed by atoms with van der Waals surface area (Å²) in [5.41, 5.74) is 2.04. The van der Waals surface area contributed by atoms with Crippen molar-refractivity contribution in [2.24, 2.45) is 0 Å². The average molecular weight is 296 g/mol. The number of aryl methyl sites for hydroxylation is 1. The maximum atomic E-state index is 11.7. The van der Waals surface area contributed by atoms with Crippen molar-refractivity contribution in [3.63, 3.8) is 0 Å². The number of benzene rings is 1. The lowest BCUT2D eigenvalue weighted by Gasteiger charge is -2.07. The van der Waals surface area contributed by atoms with E-state index in [0.29, 0.717) is 13.0 Å². The Morgan fingerprint density at radius 3 is 2.80 bits per heavy atom. The molecule has 2 aromatic rings. The van der Waals surface area contributed by atoms with E-state index in [1.807, 2.05) is 19.2 Å². The zero-order chi connectivity index (χ0) is 13.7. The van der Waals surface area contributed by atoms with Gasteiger partial charge in [0.2, 0.25) is 5.91 Å². The Kier molecular flexibility index (Phi) is 6.55. The van der Waals surface area contributed by atoms with Gasteiger partial charge in [0, 0.05) is 31.4 Å². The van der Waals surface area contributed by atoms with Gasteiger partial charge in [0.15, 0.2) is 0 Å². The minimum Gasteiger partial charge on any atom is -0.347 e. The molecule has 0 aliphatic carbocycles. The van der Waals surface area contributed by atoms with Gasteiger partial charge in [-0.05, 0) is 37.1 Å². The van der Waals surface area contributed by atoms with Crippen molar-refractivity contribution >= 4 is 34.9 Å². The van der Waals surface area contributed by atoms with Crippen LogP contribution in [0.25, 0.3) is 10.9 Å². The van der Waals surface area contributed by atoms with Crippen molar-refractivity contribution in [1.29, 1.82) is 0 Å². The molecule has 1 amide bonds. The highest BCUT2D eigenvalue weighted by Crippen LogP contribution is 2.21. The first-order valence-corrected chi connectivity index (χ1v) is 6.78. The quantitative estimate of drug-likeness (QED) is 0.860. The number of nitrogens with one attached hydrogen (secondary N) is 2. The molecule has 20 heavy (non-hydrogen) atoms. The lowest BCUT2D eigenvalue weighted by atomic mass is 10.2. The lowest BCUT2D eigenvalue weighted by Crippen LogP contribution is -2.18. The number of nitrogens with zero attached hydrogens (tertiary/aromatic N) is 1. The van der Waals surface area contributed by atoms with E-state index in [2.05, 4.69) is 40.5 Å². The summed E-state index contributed by atoms with van der Waals surface area (Å²) in [6, 6.07) is 8.16. The molecule has 4 nitrogen and oxygen atoms in total. The molecule has 0 aliphatic heterocycles. The molecule has 1 aromatic carbocycles. The van der Waals surface area contributed by atoms with Gasteiger partial charge < -0.3 is 15.2 Å². The summed E-state index contributed by atoms with van der Waals surface area (Å²) >= 11 is 0. The molecule has 2 N–H and O–H groups in total. The number of halogens is 1. The van der Waals surface area contributed by atoms with E-state index >= 15 is 0 Å². The summed E-state index contributed by atoms with van der Waals surface area (Å²) in [6.45, 7) is 3.86. The zero-order valence-corrected chi connectivity index (χ0v) is 12.8. The monoisotopic (exact) mass is 295 g/mol. The van der Waals surface area contributed by atoms with E-state index in [-0.39, 0.29) is 18.3 Å². The lowest BCUT2D eigenvalue weighted by molar-refractivity contribution is -0.116. The van der Waals surface area contributed by atoms with Gasteiger partial charge >= 0.3 is 0 Å². The first-order chi connectivity index (χ1) is 9.24. The molecule has 0 saturated carbocycles. The van der Waals surface area contributed by atoms with Gasteiger partial charge in [-0.3, -0.25) is 4.79 Å². The third-order valence-corrected chi connectivity index (χ3v) is 3.12. The minimum absolute atomic E-state index is 0. The molecule has 0 radical (unpaired) electrons. The molecule has 2 rings (SSSR count). The largest absolute Gasteiger partial charge is 0.347 e. The maximum Gasteiger partial charge on any atom is 0.225 e. The molecule has 0 bridgehead atoms. The summed E-state index contributed by atoms with van der Waals surface area (Å²) in [5.74, 6) is 0.0438. The molecule has 0 saturated heterocycles. The third kappa shape index (κ3) is 3.99. The molecule has 0 unspecified atom stereocenters. The van der Waals surface area contributed by atoms with E-state index in [4.69, 9.17) is 0 Å². The summed E-state index contributed by atoms with van der Waals surface area (Å²) in [6.07, 6.45) is 3.69. The van der Waals surface area contributed by atoms with Crippen molar-refractivity contribution in [1.82, 2.24) is 9.88 Å². The fraction of sp³-hybridized carbons (Fsp3) is 0.400. The topological polar surface area (TPSA) is 46.1 Å². The smallest absolute Gasteiger partial charge is 0.225 e. The maximum absolute atomic E-state index is 11.7. The van der Waals surface area contributed by atoms with Crippen LogP contribution in [0.5, 0.6) is 0 Å². The molecule has 0 aliphatic rings. The van der Waals surface area contributed by atoms with Crippen LogP contribution in [0, 0.1) is 0 Å². The first-order valence-electron chi connectivity index (χ1n) is 6.78. The van der Waals surface area contributed by atoms with Crippen LogP contribution in [0.4, 0.5) is 5.69 Å². The van der Waals surface area contributed by atoms with Crippen LogP contribution in [0.2, 0.25) is 0 Å². The van der Waals surface area contributed by atoms with Gasteiger partial charge in [-0.1, -0.05) is 13.0 Å². The zero-order valence-electron chi connectivity index (χ0n) is 12.0. The molecule has 5 heteroatoms. The fourth-order valence-electron chi connectivity index (χ4n) is 2.16. The molecule has 1 aromatic heterocycles. The number of hydrogen-bond acceptors (Lipinski definition) is 2. The predicted molar refractivity (Wildman–Crippen MR) is 86.7 cm³/mol. The Morgan fingerprint density at radius 1 is 1.30 bits per heavy atom. The van der Waals surface area contributed by atoms with Crippen LogP contribution in [-0.4, -0.2) is 24.1 Å². The highest BCUT2D eigenvalue weighted by molar-refractivity contribution is 5.93. The Morgan fingerprint density at radius 2 is 2.10 bits per heavy atom. The molecule has 0 spiro atoms. The van der Waals surface area contributed by atoms with Crippen LogP contribution < -0.4 is 10.6 Å². The van der Waals surface area contributed by atoms with E-state index in [9.17, 15) is 4.79 Å². The minimum atomic E-state index is 0. The second kappa shape index (κ2) is 7.92. The molecule has 110 valence electrons. The molecule has 1 heterocycles. The summed E-state index contributed by atoms with van der Waals surface area (Å²) in [4.78, 5) is 11.7. The van der Waals surface area contributed by atoms with Gasteiger partial charge in [0.05, 0.1) is 5.52 Å². The van der Waals surface area contributed by atoms with Crippen LogP contribution in [-0.2, 0) is 11.3 Å². The number of rotatable bonds is 6. The first kappa shape index (κ1) is 16.5. The molecular weight excluding hydrogens is 274 g/mol. The normalized spacial score (nSPS) is 10.3. The van der Waals surface area contributed by atoms with E-state index in [1.54, 1.807) is 0 Å². The SMILES string of the molecule is CCCn1ccc2ccc(NC(=O)CCNC)cc21.Cl. The number of hydrogen-bond donors (Lipinski definition) is 2. The summed E-state index contributed by atoms with van der Waals surface area (Å²) < 4.78 is 2.22. The number of amides is 1. The van der Waals surface area contributed by atoms with Crippen molar-refractivity contribution < 1.29 is 4.79 Å². The third-order valence-electron chi connectivity index (χ3n) is 3.12. The second-order valence-electron chi connectivity index (χ2n) is 4.68. The number of aromatic nitrogens is 1. The number of anilines is 1. The van der Waals surface area contributed by atoms with Gasteiger partial charge in [-0.2, -0.15) is 0 Å². The van der Waals surface area contributed by atoms with Crippen LogP contribution in [0.15, 0.2) is 30.5 Å². The van der Waals surface area contributed by atoms with E-state index < -0.39 is 0 Å². The summed E-state index contributed by atoms with van der Waals surface area (Å²) in [5, 5.41) is 7.12. The van der Waals surface area contributed by atoms with Crippen molar-refractivity contribution in [2.75, 3.05) is 18.9 Å². The standard InChI is InChI=1S/C15H21N3O.ClH/c1-3-9-18-10-7-12-4-5-13(11-14(12)18)17-15(19)6-8-16-2;/h4-5,7,10-11,16H,3,6,8-9H2,1-2H3,(H,17,19);1H. The summed E-state index contributed by atoms with van der Waals surface area (Å²) in [7, 11) is 1.84. The van der Waals surface area contributed by atoms with Crippen LogP contribution >= 0.6 is 12.4 Å². The Bertz CT molecular complexity index is 565. The van der Waals surface area contributed by atoms with Crippen LogP contribution in [0.3, 0.4) is 0 Å². The van der Waals surface area contributed by atoms with Gasteiger partial charge in [-0.25, -0.2) is 0 Å². The van der Waals surface area contributed by atoms with Gasteiger partial charge in [-0.15, -0.1) is 12.4 Å². The number of carbonyl (C=O) groups excluding carboxylic acids is 1. The van der Waals surface area contributed by atoms with Crippen LogP contribution in [0.1, 0.15) is 19.8 Å². The van der Waals surface area contributed by atoms with Crippen molar-refractivity contribution in [3.05, 3.63) is 30.5 Å². The Labute approximate surface area is 126 Å². The highest BCUT2D eigenvalue weighted by atomic mass is 35.5. The molecule has 0 atom stereocenters. The highest BCUT2D eigenvalue weighted by Gasteiger charge is 2.05. The van der Waals surface area contributed by atoms with Crippen molar-refractivity contribution in [2.45, 2.75) is 26.3 Å². The van der Waals surface area contributed by atoms with Gasteiger partial charge in [0.25, 0.3) is 0 Å². The fourth-order valence-corrected chi connectivity index (χ4v) is 2.16. The Hall–Kier alpha value is -1.52. The Balaban J connectivity index is 0.00000200. The van der Waals surface area contributed by atoms with E-state index in [1.165, 1.54) is 10.9 Å². The number of fused-ring (bicyclic) bond motifs is 1. The second-order valence-corrected chi connectivity index (χ2v) is 4.68. The van der Waals surface area contributed by atoms with Gasteiger partial charge in [0.1, 0.15) is 0 Å². The predicted octanol–water partition coefficient (Wildman–Crippen LogP) is 3.02. The van der Waals surface area contributed by atoms with E-state index in [0.717, 1.165) is 18.7 Å². The van der Waals surface area contributed by atoms with Crippen molar-refractivity contribution in [3.8, 4) is 0 Å².